The number of carbonyl (C=O) groups is 1. The van der Waals surface area contributed by atoms with Gasteiger partial charge in [-0.15, -0.1) is 0 Å². The molecule has 4 heterocycles. The van der Waals surface area contributed by atoms with Gasteiger partial charge in [-0.2, -0.15) is 5.10 Å². The maximum atomic E-state index is 13.5. The van der Waals surface area contributed by atoms with Gasteiger partial charge in [0.15, 0.2) is 11.5 Å². The molecule has 2 unspecified atom stereocenters. The lowest BCUT2D eigenvalue weighted by atomic mass is 9.82. The van der Waals surface area contributed by atoms with Crippen LogP contribution in [-0.2, 0) is 11.2 Å². The van der Waals surface area contributed by atoms with Gasteiger partial charge in [0.25, 0.3) is 0 Å². The lowest BCUT2D eigenvalue weighted by molar-refractivity contribution is 0.0398. The first-order valence-corrected chi connectivity index (χ1v) is 12.8. The van der Waals surface area contributed by atoms with E-state index in [1.807, 2.05) is 28.0 Å². The molecule has 1 N–H and O–H groups in total. The van der Waals surface area contributed by atoms with Crippen LogP contribution in [0.1, 0.15) is 42.0 Å². The van der Waals surface area contributed by atoms with Crippen molar-refractivity contribution in [2.24, 2.45) is 0 Å². The SMILES string of the molecule is CCc1ccc(C2CC(c3cc(-c4ccc5c(c4)OCO5)n[nH]3)CN(C(=O)N3CCOCC3)C2)cc1. The van der Waals surface area contributed by atoms with Crippen LogP contribution in [0.5, 0.6) is 11.5 Å². The maximum absolute atomic E-state index is 13.5. The number of hydrogen-bond acceptors (Lipinski definition) is 5. The number of urea groups is 1. The third-order valence-corrected chi connectivity index (χ3v) is 7.57. The Morgan fingerprint density at radius 3 is 2.56 bits per heavy atom. The van der Waals surface area contributed by atoms with E-state index < -0.39 is 0 Å². The van der Waals surface area contributed by atoms with E-state index in [0.29, 0.717) is 32.8 Å². The van der Waals surface area contributed by atoms with Crippen LogP contribution in [0.4, 0.5) is 4.79 Å². The molecule has 3 aliphatic rings. The first-order valence-electron chi connectivity index (χ1n) is 12.8. The van der Waals surface area contributed by atoms with Gasteiger partial charge in [-0.25, -0.2) is 4.79 Å². The zero-order valence-corrected chi connectivity index (χ0v) is 20.6. The molecular weight excluding hydrogens is 456 g/mol. The van der Waals surface area contributed by atoms with Crippen molar-refractivity contribution in [3.63, 3.8) is 0 Å². The average molecular weight is 489 g/mol. The molecule has 0 aliphatic carbocycles. The Labute approximate surface area is 211 Å². The number of nitrogens with one attached hydrogen (secondary N) is 1. The number of H-pyrrole nitrogens is 1. The number of aromatic amines is 1. The highest BCUT2D eigenvalue weighted by atomic mass is 16.7. The van der Waals surface area contributed by atoms with Crippen molar-refractivity contribution < 1.29 is 19.0 Å². The van der Waals surface area contributed by atoms with Gasteiger partial charge in [-0.3, -0.25) is 5.10 Å². The highest BCUT2D eigenvalue weighted by Crippen LogP contribution is 2.39. The minimum absolute atomic E-state index is 0.105. The Morgan fingerprint density at radius 2 is 1.75 bits per heavy atom. The van der Waals surface area contributed by atoms with Crippen LogP contribution in [-0.4, -0.2) is 72.2 Å². The second-order valence-corrected chi connectivity index (χ2v) is 9.79. The molecular formula is C28H32N4O4. The maximum Gasteiger partial charge on any atom is 0.320 e. The monoisotopic (exact) mass is 488 g/mol. The normalized spacial score (nSPS) is 21.6. The number of benzene rings is 2. The van der Waals surface area contributed by atoms with Gasteiger partial charge in [0.2, 0.25) is 6.79 Å². The molecule has 2 amide bonds. The zero-order valence-electron chi connectivity index (χ0n) is 20.6. The van der Waals surface area contributed by atoms with Crippen LogP contribution in [0.3, 0.4) is 0 Å². The summed E-state index contributed by atoms with van der Waals surface area (Å²) >= 11 is 0. The van der Waals surface area contributed by atoms with E-state index in [1.165, 1.54) is 11.1 Å². The molecule has 0 saturated carbocycles. The molecule has 6 rings (SSSR count). The van der Waals surface area contributed by atoms with Gasteiger partial charge in [0.05, 0.1) is 18.9 Å². The van der Waals surface area contributed by atoms with Gasteiger partial charge >= 0.3 is 6.03 Å². The molecule has 2 atom stereocenters. The van der Waals surface area contributed by atoms with E-state index in [1.54, 1.807) is 0 Å². The number of ether oxygens (including phenoxy) is 3. The fraction of sp³-hybridized carbons (Fsp3) is 0.429. The number of aryl methyl sites for hydroxylation is 1. The van der Waals surface area contributed by atoms with Gasteiger partial charge in [-0.1, -0.05) is 31.2 Å². The summed E-state index contributed by atoms with van der Waals surface area (Å²) in [6.45, 7) is 6.31. The molecule has 1 aromatic heterocycles. The largest absolute Gasteiger partial charge is 0.454 e. The molecule has 8 nitrogen and oxygen atoms in total. The van der Waals surface area contributed by atoms with Crippen LogP contribution in [0.25, 0.3) is 11.3 Å². The quantitative estimate of drug-likeness (QED) is 0.589. The summed E-state index contributed by atoms with van der Waals surface area (Å²) in [6, 6.07) is 17.0. The third kappa shape index (κ3) is 4.53. The standard InChI is InChI=1S/C28H32N4O4/c1-2-19-3-5-20(6-4-19)22-13-23(17-32(16-22)28(33)31-9-11-34-12-10-31)25-15-24(29-30-25)21-7-8-26-27(14-21)36-18-35-26/h3-8,14-15,22-23H,2,9-13,16-18H2,1H3,(H,29,30). The fourth-order valence-electron chi connectivity index (χ4n) is 5.45. The number of piperidine rings is 1. The van der Waals surface area contributed by atoms with E-state index >= 15 is 0 Å². The summed E-state index contributed by atoms with van der Waals surface area (Å²) in [5, 5.41) is 7.89. The van der Waals surface area contributed by atoms with Crippen molar-refractivity contribution in [2.45, 2.75) is 31.6 Å². The Hall–Kier alpha value is -3.52. The van der Waals surface area contributed by atoms with Gasteiger partial charge in [0.1, 0.15) is 0 Å². The molecule has 8 heteroatoms. The van der Waals surface area contributed by atoms with E-state index in [9.17, 15) is 4.79 Å². The number of amides is 2. The summed E-state index contributed by atoms with van der Waals surface area (Å²) in [5.74, 6) is 1.93. The summed E-state index contributed by atoms with van der Waals surface area (Å²) in [7, 11) is 0. The molecule has 3 aliphatic heterocycles. The smallest absolute Gasteiger partial charge is 0.320 e. The predicted octanol–water partition coefficient (Wildman–Crippen LogP) is 4.39. The summed E-state index contributed by atoms with van der Waals surface area (Å²) < 4.78 is 16.5. The highest BCUT2D eigenvalue weighted by Gasteiger charge is 2.35. The second-order valence-electron chi connectivity index (χ2n) is 9.79. The number of likely N-dealkylation sites (tertiary alicyclic amines) is 1. The number of fused-ring (bicyclic) bond motifs is 1. The highest BCUT2D eigenvalue weighted by molar-refractivity contribution is 5.75. The van der Waals surface area contributed by atoms with Crippen molar-refractivity contribution in [1.29, 1.82) is 0 Å². The van der Waals surface area contributed by atoms with Gasteiger partial charge in [-0.05, 0) is 48.2 Å². The lowest BCUT2D eigenvalue weighted by Gasteiger charge is -2.41. The second kappa shape index (κ2) is 9.85. The lowest BCUT2D eigenvalue weighted by Crippen LogP contribution is -2.52. The summed E-state index contributed by atoms with van der Waals surface area (Å²) in [4.78, 5) is 17.4. The molecule has 188 valence electrons. The van der Waals surface area contributed by atoms with Crippen molar-refractivity contribution in [1.82, 2.24) is 20.0 Å². The molecule has 36 heavy (non-hydrogen) atoms. The molecule has 0 radical (unpaired) electrons. The Bertz CT molecular complexity index is 1220. The van der Waals surface area contributed by atoms with Crippen LogP contribution in [0.2, 0.25) is 0 Å². The minimum atomic E-state index is 0.105. The number of aromatic nitrogens is 2. The number of hydrogen-bond donors (Lipinski definition) is 1. The van der Waals surface area contributed by atoms with Crippen LogP contribution >= 0.6 is 0 Å². The molecule has 0 spiro atoms. The number of nitrogens with zero attached hydrogens (tertiary/aromatic N) is 3. The van der Waals surface area contributed by atoms with Crippen LogP contribution < -0.4 is 9.47 Å². The van der Waals surface area contributed by atoms with E-state index in [0.717, 1.165) is 47.8 Å². The van der Waals surface area contributed by atoms with Crippen LogP contribution in [0.15, 0.2) is 48.5 Å². The molecule has 2 saturated heterocycles. The topological polar surface area (TPSA) is 79.9 Å². The predicted molar refractivity (Wildman–Crippen MR) is 135 cm³/mol. The number of carbonyl (C=O) groups excluding carboxylic acids is 1. The van der Waals surface area contributed by atoms with Crippen molar-refractivity contribution in [3.8, 4) is 22.8 Å². The van der Waals surface area contributed by atoms with Crippen LogP contribution in [0, 0.1) is 0 Å². The summed E-state index contributed by atoms with van der Waals surface area (Å²) in [5.41, 5.74) is 5.51. The minimum Gasteiger partial charge on any atom is -0.454 e. The first kappa shape index (κ1) is 22.9. The Balaban J connectivity index is 1.26. The van der Waals surface area contributed by atoms with Crippen molar-refractivity contribution in [3.05, 3.63) is 65.4 Å². The zero-order chi connectivity index (χ0) is 24.5. The van der Waals surface area contributed by atoms with Crippen molar-refractivity contribution in [2.75, 3.05) is 46.2 Å². The molecule has 3 aromatic rings. The molecule has 2 fully saturated rings. The first-order chi connectivity index (χ1) is 17.7. The fourth-order valence-corrected chi connectivity index (χ4v) is 5.45. The third-order valence-electron chi connectivity index (χ3n) is 7.57. The molecule has 0 bridgehead atoms. The number of morpholine rings is 1. The molecule has 2 aromatic carbocycles. The van der Waals surface area contributed by atoms with Crippen molar-refractivity contribution >= 4 is 6.03 Å². The van der Waals surface area contributed by atoms with E-state index in [-0.39, 0.29) is 24.7 Å². The average Bonchev–Trinajstić information content (AvgIpc) is 3.63. The Kier molecular flexibility index (Phi) is 6.27. The van der Waals surface area contributed by atoms with Gasteiger partial charge in [0, 0.05) is 49.3 Å². The van der Waals surface area contributed by atoms with Gasteiger partial charge < -0.3 is 24.0 Å². The summed E-state index contributed by atoms with van der Waals surface area (Å²) in [6.07, 6.45) is 1.98. The van der Waals surface area contributed by atoms with E-state index in [2.05, 4.69) is 47.5 Å². The Morgan fingerprint density at radius 1 is 0.972 bits per heavy atom. The number of rotatable bonds is 4. The van der Waals surface area contributed by atoms with E-state index in [4.69, 9.17) is 14.2 Å².